The van der Waals surface area contributed by atoms with Gasteiger partial charge in [-0.15, -0.1) is 0 Å². The average Bonchev–Trinajstić information content (AvgIpc) is 2.61. The largest absolute Gasteiger partial charge is 0.376 e. The number of fused-ring (bicyclic) bond motifs is 2. The van der Waals surface area contributed by atoms with Gasteiger partial charge < -0.3 is 4.74 Å². The van der Waals surface area contributed by atoms with Gasteiger partial charge in [0, 0.05) is 17.8 Å². The van der Waals surface area contributed by atoms with Crippen molar-refractivity contribution in [2.75, 3.05) is 6.61 Å². The molecule has 0 aromatic heterocycles. The maximum Gasteiger partial charge on any atom is 0.137 e. The van der Waals surface area contributed by atoms with E-state index >= 15 is 0 Å². The van der Waals surface area contributed by atoms with Crippen molar-refractivity contribution in [3.63, 3.8) is 0 Å². The van der Waals surface area contributed by atoms with Crippen LogP contribution in [0.25, 0.3) is 0 Å². The minimum atomic E-state index is -0.00518. The Morgan fingerprint density at radius 2 is 2.11 bits per heavy atom. The number of allylic oxidation sites excluding steroid dienone is 1. The lowest BCUT2D eigenvalue weighted by molar-refractivity contribution is -0.120. The number of ketones is 1. The van der Waals surface area contributed by atoms with Crippen molar-refractivity contribution >= 4 is 5.78 Å². The van der Waals surface area contributed by atoms with E-state index in [1.54, 1.807) is 0 Å². The van der Waals surface area contributed by atoms with Gasteiger partial charge in [0.2, 0.25) is 0 Å². The topological polar surface area (TPSA) is 26.3 Å². The molecule has 94 valence electrons. The fraction of sp³-hybridized carbons (Fsp3) is 0.438. The molecule has 1 aromatic rings. The summed E-state index contributed by atoms with van der Waals surface area (Å²) in [5.41, 5.74) is 1.18. The first kappa shape index (κ1) is 11.7. The van der Waals surface area contributed by atoms with E-state index in [0.717, 1.165) is 12.8 Å². The molecule has 2 atom stereocenters. The lowest BCUT2D eigenvalue weighted by Crippen LogP contribution is -2.23. The van der Waals surface area contributed by atoms with E-state index in [1.807, 2.05) is 18.2 Å². The van der Waals surface area contributed by atoms with Crippen LogP contribution in [-0.4, -0.2) is 12.4 Å². The van der Waals surface area contributed by atoms with Crippen molar-refractivity contribution in [2.24, 2.45) is 11.3 Å². The zero-order valence-electron chi connectivity index (χ0n) is 10.5. The smallest absolute Gasteiger partial charge is 0.137 e. The molecule has 0 spiro atoms. The number of carbonyl (C=O) groups excluding carboxylic acids is 1. The fourth-order valence-corrected chi connectivity index (χ4v) is 3.10. The van der Waals surface area contributed by atoms with Gasteiger partial charge in [-0.3, -0.25) is 4.79 Å². The summed E-state index contributed by atoms with van der Waals surface area (Å²) in [6, 6.07) is 10.2. The van der Waals surface area contributed by atoms with Crippen molar-refractivity contribution in [3.05, 3.63) is 48.0 Å². The molecule has 2 heteroatoms. The quantitative estimate of drug-likeness (QED) is 0.758. The van der Waals surface area contributed by atoms with Gasteiger partial charge in [-0.05, 0) is 18.4 Å². The van der Waals surface area contributed by atoms with Gasteiger partial charge in [-0.25, -0.2) is 0 Å². The number of benzene rings is 1. The van der Waals surface area contributed by atoms with E-state index in [0.29, 0.717) is 25.4 Å². The third kappa shape index (κ3) is 2.25. The van der Waals surface area contributed by atoms with Gasteiger partial charge in [-0.2, -0.15) is 0 Å². The molecule has 2 bridgehead atoms. The van der Waals surface area contributed by atoms with Crippen molar-refractivity contribution in [2.45, 2.75) is 25.9 Å². The molecule has 0 unspecified atom stereocenters. The van der Waals surface area contributed by atoms with Crippen molar-refractivity contribution in [1.82, 2.24) is 0 Å². The van der Waals surface area contributed by atoms with E-state index in [9.17, 15) is 4.79 Å². The first-order valence-corrected chi connectivity index (χ1v) is 6.60. The second-order valence-corrected chi connectivity index (χ2v) is 5.52. The van der Waals surface area contributed by atoms with Crippen LogP contribution in [0.5, 0.6) is 0 Å². The first-order chi connectivity index (χ1) is 8.77. The Labute approximate surface area is 108 Å². The van der Waals surface area contributed by atoms with E-state index < -0.39 is 0 Å². The predicted molar refractivity (Wildman–Crippen MR) is 70.0 cm³/mol. The van der Waals surface area contributed by atoms with Crippen LogP contribution in [0, 0.1) is 11.3 Å². The summed E-state index contributed by atoms with van der Waals surface area (Å²) < 4.78 is 5.82. The van der Waals surface area contributed by atoms with Crippen LogP contribution in [-0.2, 0) is 16.1 Å². The molecule has 0 heterocycles. The van der Waals surface area contributed by atoms with Crippen molar-refractivity contribution in [3.8, 4) is 0 Å². The van der Waals surface area contributed by atoms with Crippen LogP contribution < -0.4 is 0 Å². The van der Waals surface area contributed by atoms with E-state index in [2.05, 4.69) is 24.3 Å². The normalized spacial score (nSPS) is 29.8. The highest BCUT2D eigenvalue weighted by Crippen LogP contribution is 2.45. The Kier molecular flexibility index (Phi) is 3.04. The Balaban J connectivity index is 1.59. The SMILES string of the molecule is O=C1C[C@@]2(COCc3ccccc3)C=CC[C@@H]1C2. The van der Waals surface area contributed by atoms with E-state index in [-0.39, 0.29) is 11.3 Å². The predicted octanol–water partition coefficient (Wildman–Crippen LogP) is 3.13. The molecule has 0 N–H and O–H groups in total. The number of carbonyl (C=O) groups is 1. The summed E-state index contributed by atoms with van der Waals surface area (Å²) in [4.78, 5) is 11.8. The first-order valence-electron chi connectivity index (χ1n) is 6.60. The third-order valence-corrected chi connectivity index (χ3v) is 4.03. The molecule has 2 aliphatic carbocycles. The Morgan fingerprint density at radius 3 is 2.94 bits per heavy atom. The average molecular weight is 242 g/mol. The molecule has 0 saturated heterocycles. The highest BCUT2D eigenvalue weighted by molar-refractivity contribution is 5.85. The Bertz CT molecular complexity index is 463. The van der Waals surface area contributed by atoms with Crippen LogP contribution in [0.2, 0.25) is 0 Å². The number of ether oxygens (including phenoxy) is 1. The molecular weight excluding hydrogens is 224 g/mol. The van der Waals surface area contributed by atoms with Gasteiger partial charge in [-0.1, -0.05) is 42.5 Å². The summed E-state index contributed by atoms with van der Waals surface area (Å²) in [6.45, 7) is 1.30. The molecule has 18 heavy (non-hydrogen) atoms. The van der Waals surface area contributed by atoms with Crippen LogP contribution >= 0.6 is 0 Å². The van der Waals surface area contributed by atoms with Gasteiger partial charge in [0.1, 0.15) is 5.78 Å². The Morgan fingerprint density at radius 1 is 1.28 bits per heavy atom. The number of rotatable bonds is 4. The second kappa shape index (κ2) is 4.69. The molecule has 2 nitrogen and oxygen atoms in total. The number of Topliss-reactive ketones (excluding diaryl/α,β-unsaturated/α-hetero) is 1. The second-order valence-electron chi connectivity index (χ2n) is 5.52. The fourth-order valence-electron chi connectivity index (χ4n) is 3.10. The number of hydrogen-bond acceptors (Lipinski definition) is 2. The highest BCUT2D eigenvalue weighted by Gasteiger charge is 2.44. The monoisotopic (exact) mass is 242 g/mol. The zero-order valence-corrected chi connectivity index (χ0v) is 10.5. The Hall–Kier alpha value is -1.41. The van der Waals surface area contributed by atoms with Crippen LogP contribution in [0.15, 0.2) is 42.5 Å². The molecule has 0 radical (unpaired) electrons. The zero-order chi connectivity index (χ0) is 12.4. The number of hydrogen-bond donors (Lipinski definition) is 0. The van der Waals surface area contributed by atoms with Gasteiger partial charge in [0.05, 0.1) is 13.2 Å². The minimum Gasteiger partial charge on any atom is -0.376 e. The summed E-state index contributed by atoms with van der Waals surface area (Å²) in [6.07, 6.45) is 6.95. The molecule has 3 rings (SSSR count). The van der Waals surface area contributed by atoms with Crippen molar-refractivity contribution < 1.29 is 9.53 Å². The van der Waals surface area contributed by atoms with Crippen LogP contribution in [0.4, 0.5) is 0 Å². The molecule has 1 saturated carbocycles. The van der Waals surface area contributed by atoms with Gasteiger partial charge >= 0.3 is 0 Å². The molecular formula is C16H18O2. The van der Waals surface area contributed by atoms with Crippen LogP contribution in [0.1, 0.15) is 24.8 Å². The summed E-state index contributed by atoms with van der Waals surface area (Å²) in [5, 5.41) is 0. The minimum absolute atomic E-state index is 0.00518. The molecule has 1 fully saturated rings. The standard InChI is InChI=1S/C16H18O2/c17-15-10-16(8-4-7-14(15)9-16)12-18-11-13-5-2-1-3-6-13/h1-6,8,14H,7,9-12H2/t14-,16-/m1/s1. The molecule has 0 amide bonds. The maximum absolute atomic E-state index is 11.8. The highest BCUT2D eigenvalue weighted by atomic mass is 16.5. The van der Waals surface area contributed by atoms with E-state index in [4.69, 9.17) is 4.74 Å². The van der Waals surface area contributed by atoms with E-state index in [1.165, 1.54) is 5.56 Å². The molecule has 1 aromatic carbocycles. The lowest BCUT2D eigenvalue weighted by Gasteiger charge is -2.27. The summed E-state index contributed by atoms with van der Waals surface area (Å²) in [5.74, 6) is 0.679. The third-order valence-electron chi connectivity index (χ3n) is 4.03. The lowest BCUT2D eigenvalue weighted by atomic mass is 9.82. The van der Waals surface area contributed by atoms with Gasteiger partial charge in [0.25, 0.3) is 0 Å². The summed E-state index contributed by atoms with van der Waals surface area (Å²) in [7, 11) is 0. The van der Waals surface area contributed by atoms with Crippen LogP contribution in [0.3, 0.4) is 0 Å². The molecule has 0 aliphatic heterocycles. The van der Waals surface area contributed by atoms with Crippen molar-refractivity contribution in [1.29, 1.82) is 0 Å². The summed E-state index contributed by atoms with van der Waals surface area (Å²) >= 11 is 0. The maximum atomic E-state index is 11.8. The molecule has 2 aliphatic rings. The van der Waals surface area contributed by atoms with Gasteiger partial charge in [0.15, 0.2) is 0 Å².